The van der Waals surface area contributed by atoms with Gasteiger partial charge in [0.05, 0.1) is 18.2 Å². The molecule has 4 heterocycles. The van der Waals surface area contributed by atoms with Crippen LogP contribution >= 0.6 is 0 Å². The van der Waals surface area contributed by atoms with E-state index in [1.807, 2.05) is 35.2 Å². The van der Waals surface area contributed by atoms with Crippen molar-refractivity contribution in [3.63, 3.8) is 0 Å². The maximum atomic E-state index is 12.7. The van der Waals surface area contributed by atoms with Gasteiger partial charge in [-0.05, 0) is 56.5 Å². The molecule has 0 aromatic carbocycles. The van der Waals surface area contributed by atoms with Crippen LogP contribution in [0.15, 0.2) is 48.8 Å². The minimum Gasteiger partial charge on any atom is -0.350 e. The monoisotopic (exact) mass is 407 g/mol. The molecule has 1 atom stereocenters. The van der Waals surface area contributed by atoms with Crippen molar-refractivity contribution in [1.29, 1.82) is 0 Å². The van der Waals surface area contributed by atoms with E-state index in [4.69, 9.17) is 0 Å². The lowest BCUT2D eigenvalue weighted by molar-refractivity contribution is -0.127. The highest BCUT2D eigenvalue weighted by Crippen LogP contribution is 2.24. The van der Waals surface area contributed by atoms with Crippen molar-refractivity contribution < 1.29 is 9.59 Å². The molecule has 2 amide bonds. The van der Waals surface area contributed by atoms with Crippen molar-refractivity contribution in [1.82, 2.24) is 25.1 Å². The highest BCUT2D eigenvalue weighted by Gasteiger charge is 2.32. The summed E-state index contributed by atoms with van der Waals surface area (Å²) in [6.45, 7) is 3.79. The first kappa shape index (κ1) is 20.5. The van der Waals surface area contributed by atoms with Crippen molar-refractivity contribution in [2.24, 2.45) is 5.92 Å². The molecule has 0 unspecified atom stereocenters. The number of hydrogen-bond acceptors (Lipinski definition) is 5. The van der Waals surface area contributed by atoms with Gasteiger partial charge in [-0.2, -0.15) is 0 Å². The summed E-state index contributed by atoms with van der Waals surface area (Å²) in [4.78, 5) is 38.1. The highest BCUT2D eigenvalue weighted by atomic mass is 16.2. The van der Waals surface area contributed by atoms with Crippen LogP contribution in [-0.4, -0.2) is 63.8 Å². The second kappa shape index (κ2) is 9.80. The quantitative estimate of drug-likeness (QED) is 0.821. The topological polar surface area (TPSA) is 78.4 Å². The van der Waals surface area contributed by atoms with Gasteiger partial charge in [0.25, 0.3) is 5.91 Å². The number of amides is 2. The second-order valence-corrected chi connectivity index (χ2v) is 8.11. The summed E-state index contributed by atoms with van der Waals surface area (Å²) in [6.07, 6.45) is 7.26. The van der Waals surface area contributed by atoms with E-state index >= 15 is 0 Å². The number of carbonyl (C=O) groups excluding carboxylic acids is 2. The molecular weight excluding hydrogens is 378 g/mol. The van der Waals surface area contributed by atoms with Crippen LogP contribution in [0, 0.1) is 5.92 Å². The molecule has 158 valence electrons. The van der Waals surface area contributed by atoms with Gasteiger partial charge < -0.3 is 10.2 Å². The van der Waals surface area contributed by atoms with Crippen LogP contribution < -0.4 is 5.32 Å². The number of likely N-dealkylation sites (tertiary alicyclic amines) is 2. The first-order valence-electron chi connectivity index (χ1n) is 10.8. The van der Waals surface area contributed by atoms with Crippen LogP contribution in [0.3, 0.4) is 0 Å². The van der Waals surface area contributed by atoms with Gasteiger partial charge >= 0.3 is 0 Å². The molecule has 0 aliphatic carbocycles. The van der Waals surface area contributed by atoms with E-state index in [1.165, 1.54) is 0 Å². The standard InChI is InChI=1S/C23H29N5O2/c29-22(26-16-19-7-1-3-11-24-19)18-6-5-13-28(17-18)20-9-14-27(15-10-20)23(30)21-8-2-4-12-25-21/h1-4,7-8,11-12,18,20H,5-6,9-10,13-17H2,(H,26,29)/t18-/m0/s1. The summed E-state index contributed by atoms with van der Waals surface area (Å²) in [5.74, 6) is 0.156. The molecule has 2 aliphatic heterocycles. The van der Waals surface area contributed by atoms with Gasteiger partial charge in [0.1, 0.15) is 5.69 Å². The van der Waals surface area contributed by atoms with Gasteiger partial charge in [-0.1, -0.05) is 12.1 Å². The number of carbonyl (C=O) groups is 2. The van der Waals surface area contributed by atoms with E-state index in [1.54, 1.807) is 18.5 Å². The Morgan fingerprint density at radius 3 is 2.43 bits per heavy atom. The normalized spacial score (nSPS) is 20.7. The van der Waals surface area contributed by atoms with Gasteiger partial charge in [0.15, 0.2) is 0 Å². The molecule has 2 aromatic heterocycles. The van der Waals surface area contributed by atoms with Crippen LogP contribution in [0.2, 0.25) is 0 Å². The number of rotatable bonds is 5. The van der Waals surface area contributed by atoms with Crippen molar-refractivity contribution in [2.45, 2.75) is 38.3 Å². The third kappa shape index (κ3) is 5.02. The average Bonchev–Trinajstić information content (AvgIpc) is 2.83. The maximum Gasteiger partial charge on any atom is 0.272 e. The van der Waals surface area contributed by atoms with E-state index in [0.717, 1.165) is 57.6 Å². The third-order valence-corrected chi connectivity index (χ3v) is 6.15. The van der Waals surface area contributed by atoms with E-state index in [2.05, 4.69) is 20.2 Å². The summed E-state index contributed by atoms with van der Waals surface area (Å²) in [6, 6.07) is 11.6. The summed E-state index contributed by atoms with van der Waals surface area (Å²) in [7, 11) is 0. The smallest absolute Gasteiger partial charge is 0.272 e. The van der Waals surface area contributed by atoms with Crippen molar-refractivity contribution in [3.05, 3.63) is 60.2 Å². The Labute approximate surface area is 177 Å². The van der Waals surface area contributed by atoms with E-state index in [9.17, 15) is 9.59 Å². The van der Waals surface area contributed by atoms with Gasteiger partial charge in [-0.3, -0.25) is 24.5 Å². The van der Waals surface area contributed by atoms with E-state index in [-0.39, 0.29) is 17.7 Å². The Balaban J connectivity index is 1.26. The Hall–Kier alpha value is -2.80. The first-order valence-corrected chi connectivity index (χ1v) is 10.8. The molecule has 30 heavy (non-hydrogen) atoms. The predicted molar refractivity (Wildman–Crippen MR) is 114 cm³/mol. The molecule has 4 rings (SSSR count). The average molecular weight is 408 g/mol. The van der Waals surface area contributed by atoms with Gasteiger partial charge in [0, 0.05) is 38.1 Å². The van der Waals surface area contributed by atoms with Crippen LogP contribution in [-0.2, 0) is 11.3 Å². The van der Waals surface area contributed by atoms with Crippen molar-refractivity contribution in [3.8, 4) is 0 Å². The van der Waals surface area contributed by atoms with Crippen molar-refractivity contribution >= 4 is 11.8 Å². The molecule has 0 saturated carbocycles. The lowest BCUT2D eigenvalue weighted by Gasteiger charge is -2.42. The van der Waals surface area contributed by atoms with Crippen LogP contribution in [0.25, 0.3) is 0 Å². The Morgan fingerprint density at radius 2 is 1.73 bits per heavy atom. The molecule has 2 aromatic rings. The zero-order valence-corrected chi connectivity index (χ0v) is 17.2. The Kier molecular flexibility index (Phi) is 6.69. The predicted octanol–water partition coefficient (Wildman–Crippen LogP) is 2.11. The lowest BCUT2D eigenvalue weighted by Crippen LogP contribution is -2.51. The summed E-state index contributed by atoms with van der Waals surface area (Å²) >= 11 is 0. The zero-order chi connectivity index (χ0) is 20.8. The third-order valence-electron chi connectivity index (χ3n) is 6.15. The molecule has 2 saturated heterocycles. The minimum absolute atomic E-state index is 0.0134. The van der Waals surface area contributed by atoms with Crippen molar-refractivity contribution in [2.75, 3.05) is 26.2 Å². The van der Waals surface area contributed by atoms with E-state index in [0.29, 0.717) is 18.3 Å². The molecule has 0 spiro atoms. The molecule has 2 aliphatic rings. The molecular formula is C23H29N5O2. The number of pyridine rings is 2. The highest BCUT2D eigenvalue weighted by molar-refractivity contribution is 5.92. The molecule has 7 nitrogen and oxygen atoms in total. The molecule has 7 heteroatoms. The summed E-state index contributed by atoms with van der Waals surface area (Å²) in [5.41, 5.74) is 1.39. The van der Waals surface area contributed by atoms with E-state index < -0.39 is 0 Å². The molecule has 0 radical (unpaired) electrons. The molecule has 2 fully saturated rings. The Bertz CT molecular complexity index is 837. The van der Waals surface area contributed by atoms with Gasteiger partial charge in [-0.15, -0.1) is 0 Å². The fourth-order valence-electron chi connectivity index (χ4n) is 4.46. The van der Waals surface area contributed by atoms with Gasteiger partial charge in [-0.25, -0.2) is 0 Å². The molecule has 1 N–H and O–H groups in total. The zero-order valence-electron chi connectivity index (χ0n) is 17.2. The number of nitrogens with zero attached hydrogens (tertiary/aromatic N) is 4. The van der Waals surface area contributed by atoms with Crippen LogP contribution in [0.4, 0.5) is 0 Å². The van der Waals surface area contributed by atoms with Crippen LogP contribution in [0.5, 0.6) is 0 Å². The minimum atomic E-state index is 0.0134. The number of piperidine rings is 2. The number of nitrogens with one attached hydrogen (secondary N) is 1. The first-order chi connectivity index (χ1) is 14.7. The number of hydrogen-bond donors (Lipinski definition) is 1. The number of aromatic nitrogens is 2. The maximum absolute atomic E-state index is 12.7. The molecule has 0 bridgehead atoms. The largest absolute Gasteiger partial charge is 0.350 e. The SMILES string of the molecule is O=C(NCc1ccccn1)[C@H]1CCCN(C2CCN(C(=O)c3ccccn3)CC2)C1. The fourth-order valence-corrected chi connectivity index (χ4v) is 4.46. The Morgan fingerprint density at radius 1 is 0.967 bits per heavy atom. The van der Waals surface area contributed by atoms with Crippen LogP contribution in [0.1, 0.15) is 41.9 Å². The van der Waals surface area contributed by atoms with Gasteiger partial charge in [0.2, 0.25) is 5.91 Å². The lowest BCUT2D eigenvalue weighted by atomic mass is 9.93. The summed E-state index contributed by atoms with van der Waals surface area (Å²) < 4.78 is 0. The fraction of sp³-hybridized carbons (Fsp3) is 0.478. The second-order valence-electron chi connectivity index (χ2n) is 8.11. The summed E-state index contributed by atoms with van der Waals surface area (Å²) in [5, 5.41) is 3.04.